The highest BCUT2D eigenvalue weighted by Crippen LogP contribution is 2.22. The molecule has 0 aliphatic rings. The first-order chi connectivity index (χ1) is 8.35. The van der Waals surface area contributed by atoms with Crippen LogP contribution in [0.3, 0.4) is 0 Å². The maximum absolute atomic E-state index is 5.22. The molecule has 88 valence electrons. The van der Waals surface area contributed by atoms with Crippen molar-refractivity contribution in [1.82, 2.24) is 15.3 Å². The van der Waals surface area contributed by atoms with Gasteiger partial charge in [0.2, 0.25) is 0 Å². The van der Waals surface area contributed by atoms with Gasteiger partial charge in [-0.05, 0) is 30.8 Å². The fourth-order valence-corrected chi connectivity index (χ4v) is 1.73. The van der Waals surface area contributed by atoms with Crippen molar-refractivity contribution in [2.75, 3.05) is 14.2 Å². The smallest absolute Gasteiger partial charge is 0.149 e. The van der Waals surface area contributed by atoms with E-state index in [0.29, 0.717) is 0 Å². The highest BCUT2D eigenvalue weighted by Gasteiger charge is 2.14. The van der Waals surface area contributed by atoms with Crippen LogP contribution < -0.4 is 10.1 Å². The summed E-state index contributed by atoms with van der Waals surface area (Å²) in [6, 6.07) is 9.68. The third-order valence-corrected chi connectivity index (χ3v) is 2.56. The molecule has 1 N–H and O–H groups in total. The Morgan fingerprint density at radius 1 is 1.18 bits per heavy atom. The average Bonchev–Trinajstić information content (AvgIpc) is 2.41. The Kier molecular flexibility index (Phi) is 3.67. The fourth-order valence-electron chi connectivity index (χ4n) is 1.73. The topological polar surface area (TPSA) is 47.0 Å². The standard InChI is InChI=1S/C13H15N3O/c1-14-12(13-15-7-4-8-16-13)10-5-3-6-11(9-10)17-2/h3-9,12,14H,1-2H3. The third kappa shape index (κ3) is 2.60. The molecule has 2 rings (SSSR count). The molecule has 0 saturated carbocycles. The lowest BCUT2D eigenvalue weighted by Gasteiger charge is -2.15. The van der Waals surface area contributed by atoms with Crippen LogP contribution in [0, 0.1) is 0 Å². The van der Waals surface area contributed by atoms with Crippen molar-refractivity contribution in [3.05, 3.63) is 54.1 Å². The predicted octanol–water partition coefficient (Wildman–Crippen LogP) is 1.79. The van der Waals surface area contributed by atoms with Gasteiger partial charge < -0.3 is 10.1 Å². The summed E-state index contributed by atoms with van der Waals surface area (Å²) in [5.74, 6) is 1.59. The molecule has 1 unspecified atom stereocenters. The van der Waals surface area contributed by atoms with Crippen LogP contribution in [0.5, 0.6) is 5.75 Å². The molecule has 0 spiro atoms. The summed E-state index contributed by atoms with van der Waals surface area (Å²) in [5, 5.41) is 3.21. The molecule has 4 nitrogen and oxygen atoms in total. The number of hydrogen-bond acceptors (Lipinski definition) is 4. The van der Waals surface area contributed by atoms with E-state index in [-0.39, 0.29) is 6.04 Å². The normalized spacial score (nSPS) is 12.1. The van der Waals surface area contributed by atoms with Crippen molar-refractivity contribution < 1.29 is 4.74 Å². The van der Waals surface area contributed by atoms with E-state index in [4.69, 9.17) is 4.74 Å². The molecule has 0 radical (unpaired) electrons. The minimum absolute atomic E-state index is 0.0219. The molecule has 17 heavy (non-hydrogen) atoms. The SMILES string of the molecule is CNC(c1cccc(OC)c1)c1ncccn1. The Hall–Kier alpha value is -1.94. The van der Waals surface area contributed by atoms with E-state index in [1.807, 2.05) is 37.4 Å². The zero-order valence-electron chi connectivity index (χ0n) is 9.92. The Balaban J connectivity index is 2.35. The Morgan fingerprint density at radius 3 is 2.59 bits per heavy atom. The summed E-state index contributed by atoms with van der Waals surface area (Å²) in [6.45, 7) is 0. The fraction of sp³-hybridized carbons (Fsp3) is 0.231. The number of nitrogens with zero attached hydrogens (tertiary/aromatic N) is 2. The zero-order valence-corrected chi connectivity index (χ0v) is 9.92. The molecular weight excluding hydrogens is 214 g/mol. The molecule has 4 heteroatoms. The quantitative estimate of drug-likeness (QED) is 0.868. The largest absolute Gasteiger partial charge is 0.497 e. The van der Waals surface area contributed by atoms with Crippen molar-refractivity contribution in [2.24, 2.45) is 0 Å². The number of rotatable bonds is 4. The van der Waals surface area contributed by atoms with Crippen LogP contribution in [-0.2, 0) is 0 Å². The summed E-state index contributed by atoms with van der Waals surface area (Å²) in [5.41, 5.74) is 1.08. The van der Waals surface area contributed by atoms with Gasteiger partial charge in [0.15, 0.2) is 0 Å². The van der Waals surface area contributed by atoms with Crippen molar-refractivity contribution in [3.8, 4) is 5.75 Å². The van der Waals surface area contributed by atoms with E-state index in [1.165, 1.54) is 0 Å². The molecular formula is C13H15N3O. The molecule has 1 aromatic carbocycles. The second kappa shape index (κ2) is 5.41. The van der Waals surface area contributed by atoms with Gasteiger partial charge in [-0.1, -0.05) is 12.1 Å². The van der Waals surface area contributed by atoms with Gasteiger partial charge in [0, 0.05) is 12.4 Å². The van der Waals surface area contributed by atoms with E-state index in [9.17, 15) is 0 Å². The van der Waals surface area contributed by atoms with Crippen molar-refractivity contribution >= 4 is 0 Å². The van der Waals surface area contributed by atoms with E-state index in [2.05, 4.69) is 15.3 Å². The van der Waals surface area contributed by atoms with Gasteiger partial charge in [-0.15, -0.1) is 0 Å². The molecule has 1 aromatic heterocycles. The molecule has 2 aromatic rings. The van der Waals surface area contributed by atoms with Gasteiger partial charge in [-0.3, -0.25) is 0 Å². The van der Waals surface area contributed by atoms with Gasteiger partial charge in [0.25, 0.3) is 0 Å². The van der Waals surface area contributed by atoms with Gasteiger partial charge >= 0.3 is 0 Å². The first-order valence-electron chi connectivity index (χ1n) is 5.43. The van der Waals surface area contributed by atoms with E-state index >= 15 is 0 Å². The summed E-state index contributed by atoms with van der Waals surface area (Å²) in [7, 11) is 3.55. The van der Waals surface area contributed by atoms with Gasteiger partial charge in [0.05, 0.1) is 13.2 Å². The van der Waals surface area contributed by atoms with Crippen molar-refractivity contribution in [1.29, 1.82) is 0 Å². The Morgan fingerprint density at radius 2 is 1.94 bits per heavy atom. The van der Waals surface area contributed by atoms with E-state index < -0.39 is 0 Å². The summed E-state index contributed by atoms with van der Waals surface area (Å²) < 4.78 is 5.22. The molecule has 1 heterocycles. The lowest BCUT2D eigenvalue weighted by molar-refractivity contribution is 0.413. The van der Waals surface area contributed by atoms with Crippen LogP contribution in [0.15, 0.2) is 42.7 Å². The van der Waals surface area contributed by atoms with E-state index in [0.717, 1.165) is 17.1 Å². The number of ether oxygens (including phenoxy) is 1. The molecule has 0 saturated heterocycles. The predicted molar refractivity (Wildman–Crippen MR) is 65.9 cm³/mol. The first-order valence-corrected chi connectivity index (χ1v) is 5.43. The zero-order chi connectivity index (χ0) is 12.1. The van der Waals surface area contributed by atoms with Crippen LogP contribution in [0.4, 0.5) is 0 Å². The lowest BCUT2D eigenvalue weighted by atomic mass is 10.1. The number of nitrogens with one attached hydrogen (secondary N) is 1. The van der Waals surface area contributed by atoms with Crippen LogP contribution in [-0.4, -0.2) is 24.1 Å². The molecule has 0 aliphatic carbocycles. The number of methoxy groups -OCH3 is 1. The third-order valence-electron chi connectivity index (χ3n) is 2.56. The molecule has 0 bridgehead atoms. The first kappa shape index (κ1) is 11.5. The van der Waals surface area contributed by atoms with Gasteiger partial charge in [-0.2, -0.15) is 0 Å². The number of benzene rings is 1. The van der Waals surface area contributed by atoms with Gasteiger partial charge in [-0.25, -0.2) is 9.97 Å². The second-order valence-electron chi connectivity index (χ2n) is 3.61. The Bertz CT molecular complexity index is 473. The monoisotopic (exact) mass is 229 g/mol. The number of aromatic nitrogens is 2. The molecule has 0 fully saturated rings. The highest BCUT2D eigenvalue weighted by atomic mass is 16.5. The van der Waals surface area contributed by atoms with Gasteiger partial charge in [0.1, 0.15) is 11.6 Å². The minimum atomic E-state index is -0.0219. The van der Waals surface area contributed by atoms with Crippen LogP contribution in [0.1, 0.15) is 17.4 Å². The van der Waals surface area contributed by atoms with Crippen LogP contribution >= 0.6 is 0 Å². The summed E-state index contributed by atoms with van der Waals surface area (Å²) in [6.07, 6.45) is 3.49. The number of hydrogen-bond donors (Lipinski definition) is 1. The van der Waals surface area contributed by atoms with Crippen LogP contribution in [0.2, 0.25) is 0 Å². The Labute approximate surface area is 101 Å². The summed E-state index contributed by atoms with van der Waals surface area (Å²) >= 11 is 0. The van der Waals surface area contributed by atoms with E-state index in [1.54, 1.807) is 19.5 Å². The average molecular weight is 229 g/mol. The lowest BCUT2D eigenvalue weighted by Crippen LogP contribution is -2.20. The molecule has 1 atom stereocenters. The minimum Gasteiger partial charge on any atom is -0.497 e. The second-order valence-corrected chi connectivity index (χ2v) is 3.61. The maximum atomic E-state index is 5.22. The maximum Gasteiger partial charge on any atom is 0.149 e. The summed E-state index contributed by atoms with van der Waals surface area (Å²) in [4.78, 5) is 8.53. The highest BCUT2D eigenvalue weighted by molar-refractivity contribution is 5.33. The molecule has 0 aliphatic heterocycles. The van der Waals surface area contributed by atoms with Crippen molar-refractivity contribution in [2.45, 2.75) is 6.04 Å². The van der Waals surface area contributed by atoms with Crippen LogP contribution in [0.25, 0.3) is 0 Å². The molecule has 0 amide bonds. The van der Waals surface area contributed by atoms with Crippen molar-refractivity contribution in [3.63, 3.8) is 0 Å².